The van der Waals surface area contributed by atoms with E-state index >= 15 is 0 Å². The second-order valence-electron chi connectivity index (χ2n) is 9.96. The molecule has 0 amide bonds. The molecule has 0 atom stereocenters. The minimum Gasteiger partial charge on any atom is -0.491 e. The van der Waals surface area contributed by atoms with Crippen LogP contribution in [0.2, 0.25) is 5.02 Å². The number of aryl methyl sites for hydroxylation is 1. The summed E-state index contributed by atoms with van der Waals surface area (Å²) in [5.41, 5.74) is 6.80. The number of halogens is 1. The van der Waals surface area contributed by atoms with E-state index in [1.54, 1.807) is 0 Å². The van der Waals surface area contributed by atoms with E-state index in [9.17, 15) is 0 Å². The van der Waals surface area contributed by atoms with Gasteiger partial charge in [0.2, 0.25) is 0 Å². The fourth-order valence-electron chi connectivity index (χ4n) is 4.68. The van der Waals surface area contributed by atoms with Crippen molar-refractivity contribution in [1.82, 2.24) is 0 Å². The van der Waals surface area contributed by atoms with Gasteiger partial charge in [0, 0.05) is 5.02 Å². The molecule has 5 aromatic rings. The summed E-state index contributed by atoms with van der Waals surface area (Å²) in [5, 5.41) is 0.804. The summed E-state index contributed by atoms with van der Waals surface area (Å²) < 4.78 is 17.8. The molecule has 0 saturated heterocycles. The fraction of sp³-hybridized carbons (Fsp3) is 0.158. The Morgan fingerprint density at radius 3 is 2.00 bits per heavy atom. The van der Waals surface area contributed by atoms with Crippen molar-refractivity contribution < 1.29 is 14.2 Å². The minimum absolute atomic E-state index is 0.494. The summed E-state index contributed by atoms with van der Waals surface area (Å²) >= 11 is 6.43. The molecule has 0 saturated carbocycles. The van der Waals surface area contributed by atoms with Gasteiger partial charge in [-0.15, -0.1) is 0 Å². The average Bonchev–Trinajstić information content (AvgIpc) is 3.04. The highest BCUT2D eigenvalue weighted by atomic mass is 35.5. The van der Waals surface area contributed by atoms with Crippen LogP contribution >= 0.6 is 11.6 Å². The maximum Gasteiger partial charge on any atom is 0.120 e. The van der Waals surface area contributed by atoms with E-state index in [-0.39, 0.29) is 0 Å². The Morgan fingerprint density at radius 2 is 1.26 bits per heavy atom. The Balaban J connectivity index is 1.26. The molecule has 5 rings (SSSR count). The molecule has 0 aliphatic rings. The van der Waals surface area contributed by atoms with Gasteiger partial charge in [-0.2, -0.15) is 0 Å². The Kier molecular flexibility index (Phi) is 10.9. The molecule has 42 heavy (non-hydrogen) atoms. The monoisotopic (exact) mass is 574 g/mol. The predicted octanol–water partition coefficient (Wildman–Crippen LogP) is 9.58. The molecular weight excluding hydrogens is 540 g/mol. The first-order valence-electron chi connectivity index (χ1n) is 14.3. The molecule has 0 aliphatic heterocycles. The molecule has 0 radical (unpaired) electrons. The number of hydrogen-bond acceptors (Lipinski definition) is 3. The number of benzene rings is 5. The second-order valence-corrected chi connectivity index (χ2v) is 10.4. The van der Waals surface area contributed by atoms with Gasteiger partial charge in [-0.25, -0.2) is 0 Å². The maximum absolute atomic E-state index is 6.43. The summed E-state index contributed by atoms with van der Waals surface area (Å²) in [6.45, 7) is 2.13. The van der Waals surface area contributed by atoms with Gasteiger partial charge in [-0.05, 0) is 76.6 Å². The van der Waals surface area contributed by atoms with Gasteiger partial charge in [0.25, 0.3) is 0 Å². The van der Waals surface area contributed by atoms with E-state index < -0.39 is 0 Å². The lowest BCUT2D eigenvalue weighted by Crippen LogP contribution is -2.06. The van der Waals surface area contributed by atoms with Crippen LogP contribution in [0.15, 0.2) is 140 Å². The van der Waals surface area contributed by atoms with Crippen LogP contribution in [0.5, 0.6) is 11.5 Å². The smallest absolute Gasteiger partial charge is 0.120 e. The Morgan fingerprint density at radius 1 is 0.571 bits per heavy atom. The van der Waals surface area contributed by atoms with Crippen molar-refractivity contribution >= 4 is 17.2 Å². The first-order valence-corrected chi connectivity index (χ1v) is 14.7. The molecule has 0 heterocycles. The van der Waals surface area contributed by atoms with Crippen LogP contribution < -0.4 is 9.47 Å². The molecule has 4 heteroatoms. The molecule has 0 bridgehead atoms. The first-order chi connectivity index (χ1) is 20.7. The number of hydrogen-bond donors (Lipinski definition) is 0. The third-order valence-corrected chi connectivity index (χ3v) is 7.26. The number of ether oxygens (including phenoxy) is 3. The third kappa shape index (κ3) is 8.84. The van der Waals surface area contributed by atoms with Gasteiger partial charge in [-0.3, -0.25) is 0 Å². The molecule has 5 aromatic carbocycles. The summed E-state index contributed by atoms with van der Waals surface area (Å²) in [7, 11) is 0. The zero-order valence-corrected chi connectivity index (χ0v) is 24.4. The van der Waals surface area contributed by atoms with Gasteiger partial charge < -0.3 is 14.2 Å². The van der Waals surface area contributed by atoms with Crippen LogP contribution in [0.3, 0.4) is 0 Å². The quantitative estimate of drug-likeness (QED) is 0.124. The Bertz CT molecular complexity index is 1550. The highest BCUT2D eigenvalue weighted by Crippen LogP contribution is 2.29. The fourth-order valence-corrected chi connectivity index (χ4v) is 4.91. The van der Waals surface area contributed by atoms with Crippen LogP contribution in [0.25, 0.3) is 5.57 Å². The average molecular weight is 575 g/mol. The van der Waals surface area contributed by atoms with E-state index in [0.717, 1.165) is 62.8 Å². The standard InChI is InChI=1S/C38H35ClO3/c39-38-20-8-7-15-33(38)16-10-19-37(34-17-9-18-36(27-34)42-29-31-13-5-2-6-14-31)32-21-23-35(24-22-32)41-26-25-40-28-30-11-3-1-4-12-30/h1-9,11-15,17-24,27H,10,16,25-26,28-29H2/b37-19+. The Labute approximate surface area is 254 Å². The minimum atomic E-state index is 0.494. The lowest BCUT2D eigenvalue weighted by molar-refractivity contribution is 0.0889. The van der Waals surface area contributed by atoms with Crippen LogP contribution in [0.4, 0.5) is 0 Å². The molecule has 0 unspecified atom stereocenters. The number of allylic oxidation sites excluding steroid dienone is 1. The molecule has 212 valence electrons. The van der Waals surface area contributed by atoms with Gasteiger partial charge in [0.15, 0.2) is 0 Å². The van der Waals surface area contributed by atoms with Gasteiger partial charge in [0.05, 0.1) is 13.2 Å². The summed E-state index contributed by atoms with van der Waals surface area (Å²) in [4.78, 5) is 0. The predicted molar refractivity (Wildman–Crippen MR) is 172 cm³/mol. The normalized spacial score (nSPS) is 11.3. The lowest BCUT2D eigenvalue weighted by Gasteiger charge is -2.13. The lowest BCUT2D eigenvalue weighted by atomic mass is 9.95. The number of rotatable bonds is 14. The second kappa shape index (κ2) is 15.6. The Hall–Kier alpha value is -4.31. The van der Waals surface area contributed by atoms with E-state index in [1.165, 1.54) is 0 Å². The van der Waals surface area contributed by atoms with Crippen LogP contribution in [-0.4, -0.2) is 13.2 Å². The summed E-state index contributed by atoms with van der Waals surface area (Å²) in [6.07, 6.45) is 4.00. The molecule has 0 fully saturated rings. The zero-order valence-electron chi connectivity index (χ0n) is 23.6. The van der Waals surface area contributed by atoms with Crippen molar-refractivity contribution in [3.63, 3.8) is 0 Å². The SMILES string of the molecule is Clc1ccccc1CC/C=C(\c1ccc(OCCOCc2ccccc2)cc1)c1cccc(OCc2ccccc2)c1. The molecule has 3 nitrogen and oxygen atoms in total. The van der Waals surface area contributed by atoms with Crippen molar-refractivity contribution in [2.45, 2.75) is 26.1 Å². The van der Waals surface area contributed by atoms with Crippen LogP contribution in [0, 0.1) is 0 Å². The largest absolute Gasteiger partial charge is 0.491 e. The van der Waals surface area contributed by atoms with E-state index in [4.69, 9.17) is 25.8 Å². The molecule has 0 N–H and O–H groups in total. The summed E-state index contributed by atoms with van der Waals surface area (Å²) in [5.74, 6) is 1.65. The topological polar surface area (TPSA) is 27.7 Å². The van der Waals surface area contributed by atoms with Crippen molar-refractivity contribution in [1.29, 1.82) is 0 Å². The van der Waals surface area contributed by atoms with Crippen molar-refractivity contribution in [3.8, 4) is 11.5 Å². The maximum atomic E-state index is 6.43. The highest BCUT2D eigenvalue weighted by molar-refractivity contribution is 6.31. The van der Waals surface area contributed by atoms with Crippen LogP contribution in [-0.2, 0) is 24.4 Å². The van der Waals surface area contributed by atoms with Crippen molar-refractivity contribution in [2.24, 2.45) is 0 Å². The van der Waals surface area contributed by atoms with Gasteiger partial charge in [-0.1, -0.05) is 121 Å². The zero-order chi connectivity index (χ0) is 28.8. The van der Waals surface area contributed by atoms with E-state index in [2.05, 4.69) is 60.7 Å². The van der Waals surface area contributed by atoms with Crippen molar-refractivity contribution in [2.75, 3.05) is 13.2 Å². The van der Waals surface area contributed by atoms with Crippen LogP contribution in [0.1, 0.15) is 34.2 Å². The highest BCUT2D eigenvalue weighted by Gasteiger charge is 2.09. The molecule has 0 aliphatic carbocycles. The van der Waals surface area contributed by atoms with E-state index in [1.807, 2.05) is 78.9 Å². The molecule has 0 spiro atoms. The van der Waals surface area contributed by atoms with Gasteiger partial charge in [0.1, 0.15) is 24.7 Å². The van der Waals surface area contributed by atoms with E-state index in [0.29, 0.717) is 26.4 Å². The third-order valence-electron chi connectivity index (χ3n) is 6.89. The van der Waals surface area contributed by atoms with Gasteiger partial charge >= 0.3 is 0 Å². The van der Waals surface area contributed by atoms with Crippen molar-refractivity contribution in [3.05, 3.63) is 172 Å². The first kappa shape index (κ1) is 29.2. The molecule has 0 aromatic heterocycles. The molecular formula is C38H35ClO3. The summed E-state index contributed by atoms with van der Waals surface area (Å²) in [6, 6.07) is 45.0.